The van der Waals surface area contributed by atoms with E-state index in [4.69, 9.17) is 23.7 Å². The summed E-state index contributed by atoms with van der Waals surface area (Å²) in [6.07, 6.45) is 1.92. The number of nitrogens with two attached hydrogens (primary N) is 2. The molecule has 2 rings (SSSR count). The van der Waals surface area contributed by atoms with Crippen molar-refractivity contribution in [1.82, 2.24) is 4.57 Å². The summed E-state index contributed by atoms with van der Waals surface area (Å²) in [4.78, 5) is 11.5. The standard InChI is InChI=1S/C13H15N3OS/c1-8(12(14)17)7-16-6-5-9-10(13(15)18)3-2-4-11(9)16/h2-6,8H,7H2,1H3,(H2,14,17)(H2,15,18). The topological polar surface area (TPSA) is 74.0 Å². The van der Waals surface area contributed by atoms with Gasteiger partial charge in [-0.2, -0.15) is 0 Å². The molecule has 2 aromatic rings. The lowest BCUT2D eigenvalue weighted by atomic mass is 10.1. The first-order chi connectivity index (χ1) is 8.50. The van der Waals surface area contributed by atoms with Gasteiger partial charge in [-0.25, -0.2) is 0 Å². The molecular formula is C13H15N3OS. The summed E-state index contributed by atoms with van der Waals surface area (Å²) >= 11 is 5.02. The van der Waals surface area contributed by atoms with Gasteiger partial charge in [-0.3, -0.25) is 4.79 Å². The quantitative estimate of drug-likeness (QED) is 0.817. The number of amides is 1. The van der Waals surface area contributed by atoms with E-state index < -0.39 is 0 Å². The van der Waals surface area contributed by atoms with Crippen molar-refractivity contribution >= 4 is 34.0 Å². The Morgan fingerprint density at radius 2 is 2.11 bits per heavy atom. The fourth-order valence-corrected chi connectivity index (χ4v) is 2.16. The van der Waals surface area contributed by atoms with Gasteiger partial charge in [0.05, 0.1) is 5.92 Å². The Morgan fingerprint density at radius 1 is 1.39 bits per heavy atom. The van der Waals surface area contributed by atoms with Crippen molar-refractivity contribution in [2.75, 3.05) is 0 Å². The molecule has 0 aliphatic rings. The zero-order valence-corrected chi connectivity index (χ0v) is 10.9. The number of hydrogen-bond acceptors (Lipinski definition) is 2. The molecule has 1 unspecified atom stereocenters. The summed E-state index contributed by atoms with van der Waals surface area (Å²) in [5.74, 6) is -0.517. The van der Waals surface area contributed by atoms with E-state index in [1.54, 1.807) is 0 Å². The lowest BCUT2D eigenvalue weighted by Crippen LogP contribution is -2.24. The van der Waals surface area contributed by atoms with Crippen molar-refractivity contribution in [2.24, 2.45) is 17.4 Å². The van der Waals surface area contributed by atoms with Crippen molar-refractivity contribution in [1.29, 1.82) is 0 Å². The molecule has 4 N–H and O–H groups in total. The van der Waals surface area contributed by atoms with E-state index in [1.807, 2.05) is 42.0 Å². The second-order valence-corrected chi connectivity index (χ2v) is 4.81. The van der Waals surface area contributed by atoms with E-state index in [9.17, 15) is 4.79 Å². The molecule has 4 nitrogen and oxygen atoms in total. The monoisotopic (exact) mass is 261 g/mol. The number of benzene rings is 1. The summed E-state index contributed by atoms with van der Waals surface area (Å²) in [7, 11) is 0. The third kappa shape index (κ3) is 2.22. The number of carbonyl (C=O) groups excluding carboxylic acids is 1. The van der Waals surface area contributed by atoms with Gasteiger partial charge in [0.2, 0.25) is 5.91 Å². The van der Waals surface area contributed by atoms with Crippen LogP contribution in [0, 0.1) is 5.92 Å². The molecular weight excluding hydrogens is 246 g/mol. The Balaban J connectivity index is 2.46. The molecule has 1 aromatic carbocycles. The number of hydrogen-bond donors (Lipinski definition) is 2. The number of nitrogens with zero attached hydrogens (tertiary/aromatic N) is 1. The van der Waals surface area contributed by atoms with Crippen LogP contribution in [0.25, 0.3) is 10.9 Å². The van der Waals surface area contributed by atoms with Crippen LogP contribution in [0.3, 0.4) is 0 Å². The van der Waals surface area contributed by atoms with Crippen LogP contribution in [0.4, 0.5) is 0 Å². The maximum atomic E-state index is 11.1. The van der Waals surface area contributed by atoms with E-state index >= 15 is 0 Å². The fourth-order valence-electron chi connectivity index (χ4n) is 1.98. The molecule has 0 aliphatic carbocycles. The number of primary amides is 1. The van der Waals surface area contributed by atoms with Crippen molar-refractivity contribution in [3.8, 4) is 0 Å². The lowest BCUT2D eigenvalue weighted by molar-refractivity contribution is -0.121. The number of aromatic nitrogens is 1. The average Bonchev–Trinajstić information content (AvgIpc) is 2.72. The van der Waals surface area contributed by atoms with E-state index in [1.165, 1.54) is 0 Å². The van der Waals surface area contributed by atoms with Crippen LogP contribution in [0.1, 0.15) is 12.5 Å². The molecule has 0 spiro atoms. The molecule has 0 radical (unpaired) electrons. The minimum absolute atomic E-state index is 0.214. The summed E-state index contributed by atoms with van der Waals surface area (Å²) in [5.41, 5.74) is 12.8. The molecule has 0 saturated heterocycles. The van der Waals surface area contributed by atoms with Gasteiger partial charge in [-0.15, -0.1) is 0 Å². The van der Waals surface area contributed by atoms with Crippen molar-refractivity contribution in [2.45, 2.75) is 13.5 Å². The lowest BCUT2D eigenvalue weighted by Gasteiger charge is -2.10. The van der Waals surface area contributed by atoms with Gasteiger partial charge in [-0.1, -0.05) is 31.3 Å². The highest BCUT2D eigenvalue weighted by molar-refractivity contribution is 7.80. The SMILES string of the molecule is CC(Cn1ccc2c(C(N)=S)cccc21)C(N)=O. The van der Waals surface area contributed by atoms with E-state index in [2.05, 4.69) is 0 Å². The first-order valence-electron chi connectivity index (χ1n) is 5.67. The van der Waals surface area contributed by atoms with Crippen molar-refractivity contribution in [3.05, 3.63) is 36.0 Å². The minimum Gasteiger partial charge on any atom is -0.389 e. The summed E-state index contributed by atoms with van der Waals surface area (Å²) in [5, 5.41) is 1.00. The van der Waals surface area contributed by atoms with Crippen molar-refractivity contribution < 1.29 is 4.79 Å². The predicted octanol–water partition coefficient (Wildman–Crippen LogP) is 1.40. The zero-order chi connectivity index (χ0) is 13.3. The van der Waals surface area contributed by atoms with Gasteiger partial charge in [0.25, 0.3) is 0 Å². The summed E-state index contributed by atoms with van der Waals surface area (Å²) in [6.45, 7) is 2.37. The van der Waals surface area contributed by atoms with Crippen molar-refractivity contribution in [3.63, 3.8) is 0 Å². The first kappa shape index (κ1) is 12.6. The molecule has 1 atom stereocenters. The van der Waals surface area contributed by atoms with E-state index in [-0.39, 0.29) is 11.8 Å². The van der Waals surface area contributed by atoms with Crippen LogP contribution in [0.5, 0.6) is 0 Å². The van der Waals surface area contributed by atoms with Crippen LogP contribution in [0.2, 0.25) is 0 Å². The summed E-state index contributed by atoms with van der Waals surface area (Å²) in [6, 6.07) is 7.73. The van der Waals surface area contributed by atoms with Gasteiger partial charge in [0, 0.05) is 29.2 Å². The highest BCUT2D eigenvalue weighted by Gasteiger charge is 2.12. The largest absolute Gasteiger partial charge is 0.389 e. The van der Waals surface area contributed by atoms with E-state index in [0.717, 1.165) is 16.5 Å². The average molecular weight is 261 g/mol. The molecule has 1 aromatic heterocycles. The van der Waals surface area contributed by atoms with E-state index in [0.29, 0.717) is 11.5 Å². The normalized spacial score (nSPS) is 12.5. The Kier molecular flexibility index (Phi) is 3.34. The van der Waals surface area contributed by atoms with Gasteiger partial charge >= 0.3 is 0 Å². The maximum absolute atomic E-state index is 11.1. The molecule has 1 amide bonds. The van der Waals surface area contributed by atoms with Crippen LogP contribution < -0.4 is 11.5 Å². The Morgan fingerprint density at radius 3 is 2.72 bits per heavy atom. The molecule has 0 fully saturated rings. The minimum atomic E-state index is -0.303. The second-order valence-electron chi connectivity index (χ2n) is 4.37. The second kappa shape index (κ2) is 4.78. The molecule has 0 saturated carbocycles. The molecule has 0 bridgehead atoms. The third-order valence-corrected chi connectivity index (χ3v) is 3.26. The van der Waals surface area contributed by atoms with Crippen LogP contribution in [-0.2, 0) is 11.3 Å². The zero-order valence-electron chi connectivity index (χ0n) is 10.1. The van der Waals surface area contributed by atoms with Gasteiger partial charge in [0.1, 0.15) is 4.99 Å². The Hall–Kier alpha value is -1.88. The smallest absolute Gasteiger partial charge is 0.222 e. The fraction of sp³-hybridized carbons (Fsp3) is 0.231. The van der Waals surface area contributed by atoms with Gasteiger partial charge in [0.15, 0.2) is 0 Å². The number of thiocarbonyl (C=S) groups is 1. The number of rotatable bonds is 4. The summed E-state index contributed by atoms with van der Waals surface area (Å²) < 4.78 is 1.99. The highest BCUT2D eigenvalue weighted by Crippen LogP contribution is 2.21. The Bertz CT molecular complexity index is 618. The number of fused-ring (bicyclic) bond motifs is 1. The molecule has 1 heterocycles. The Labute approximate surface area is 111 Å². The third-order valence-electron chi connectivity index (χ3n) is 3.04. The van der Waals surface area contributed by atoms with Crippen LogP contribution in [-0.4, -0.2) is 15.5 Å². The first-order valence-corrected chi connectivity index (χ1v) is 6.08. The molecule has 5 heteroatoms. The molecule has 18 heavy (non-hydrogen) atoms. The van der Waals surface area contributed by atoms with Crippen LogP contribution in [0.15, 0.2) is 30.5 Å². The maximum Gasteiger partial charge on any atom is 0.222 e. The van der Waals surface area contributed by atoms with Crippen LogP contribution >= 0.6 is 12.2 Å². The van der Waals surface area contributed by atoms with Gasteiger partial charge in [-0.05, 0) is 12.1 Å². The predicted molar refractivity (Wildman–Crippen MR) is 76.2 cm³/mol. The van der Waals surface area contributed by atoms with Gasteiger partial charge < -0.3 is 16.0 Å². The highest BCUT2D eigenvalue weighted by atomic mass is 32.1. The molecule has 94 valence electrons. The number of carbonyl (C=O) groups is 1. The molecule has 0 aliphatic heterocycles.